The zero-order valence-corrected chi connectivity index (χ0v) is 20.1. The summed E-state index contributed by atoms with van der Waals surface area (Å²) in [6, 6.07) is 8.16. The molecule has 36 heavy (non-hydrogen) atoms. The lowest BCUT2D eigenvalue weighted by Crippen LogP contribution is -2.23. The fourth-order valence-electron chi connectivity index (χ4n) is 3.91. The van der Waals surface area contributed by atoms with Crippen molar-refractivity contribution < 1.29 is 19.0 Å². The van der Waals surface area contributed by atoms with Crippen LogP contribution in [-0.4, -0.2) is 70.6 Å². The van der Waals surface area contributed by atoms with Gasteiger partial charge in [0.2, 0.25) is 0 Å². The summed E-state index contributed by atoms with van der Waals surface area (Å²) in [5.74, 6) is 0.689. The molecule has 0 unspecified atom stereocenters. The Kier molecular flexibility index (Phi) is 7.86. The minimum absolute atomic E-state index is 0.0377. The first kappa shape index (κ1) is 24.8. The summed E-state index contributed by atoms with van der Waals surface area (Å²) in [4.78, 5) is 19.8. The molecule has 0 saturated heterocycles. The van der Waals surface area contributed by atoms with Crippen LogP contribution in [-0.2, 0) is 11.2 Å². The molecular formula is C26H27FN6O3. The highest BCUT2D eigenvalue weighted by Crippen LogP contribution is 2.24. The molecule has 0 saturated carbocycles. The highest BCUT2D eigenvalue weighted by molar-refractivity contribution is 6.03. The second kappa shape index (κ2) is 11.4. The third-order valence-electron chi connectivity index (χ3n) is 5.61. The average molecular weight is 491 g/mol. The minimum Gasteiger partial charge on any atom is -0.495 e. The van der Waals surface area contributed by atoms with Gasteiger partial charge in [0.1, 0.15) is 23.4 Å². The van der Waals surface area contributed by atoms with E-state index in [-0.39, 0.29) is 12.4 Å². The smallest absolute Gasteiger partial charge is 0.157 e. The van der Waals surface area contributed by atoms with Gasteiger partial charge in [-0.15, -0.1) is 0 Å². The number of allylic oxidation sites excluding steroid dienone is 2. The molecule has 1 aromatic carbocycles. The van der Waals surface area contributed by atoms with Crippen LogP contribution in [0.5, 0.6) is 5.75 Å². The van der Waals surface area contributed by atoms with Crippen molar-refractivity contribution >= 4 is 39.7 Å². The number of methoxy groups -OCH3 is 1. The first-order valence-corrected chi connectivity index (χ1v) is 11.4. The number of halogens is 1. The number of rotatable bonds is 10. The summed E-state index contributed by atoms with van der Waals surface area (Å²) in [5, 5.41) is 20.0. The van der Waals surface area contributed by atoms with Crippen LogP contribution in [0.15, 0.2) is 66.2 Å². The number of aliphatic hydroxyl groups excluding tert-OH is 1. The van der Waals surface area contributed by atoms with Crippen molar-refractivity contribution in [2.75, 3.05) is 39.2 Å². The maximum Gasteiger partial charge on any atom is 0.157 e. The number of hydrogen-bond acceptors (Lipinski definition) is 8. The molecule has 0 amide bonds. The molecule has 0 aliphatic carbocycles. The van der Waals surface area contributed by atoms with Crippen molar-refractivity contribution in [1.82, 2.24) is 19.5 Å². The summed E-state index contributed by atoms with van der Waals surface area (Å²) in [7, 11) is 3.39. The number of nitrogens with one attached hydrogen (secondary N) is 1. The monoisotopic (exact) mass is 490 g/mol. The molecular weight excluding hydrogens is 463 g/mol. The van der Waals surface area contributed by atoms with E-state index in [4.69, 9.17) is 4.74 Å². The normalized spacial score (nSPS) is 11.9. The van der Waals surface area contributed by atoms with E-state index >= 15 is 0 Å². The summed E-state index contributed by atoms with van der Waals surface area (Å²) < 4.78 is 21.0. The van der Waals surface area contributed by atoms with E-state index in [1.54, 1.807) is 41.2 Å². The molecule has 0 bridgehead atoms. The number of aromatic nitrogens is 3. The minimum atomic E-state index is -0.385. The van der Waals surface area contributed by atoms with Gasteiger partial charge in [-0.3, -0.25) is 19.4 Å². The Bertz CT molecular complexity index is 1430. The number of ether oxygens (including phenoxy) is 1. The van der Waals surface area contributed by atoms with E-state index in [1.807, 2.05) is 25.4 Å². The Morgan fingerprint density at radius 1 is 1.31 bits per heavy atom. The zero-order chi connectivity index (χ0) is 25.5. The third-order valence-corrected chi connectivity index (χ3v) is 5.61. The van der Waals surface area contributed by atoms with Crippen molar-refractivity contribution in [3.05, 3.63) is 72.5 Å². The number of fused-ring (bicyclic) bond motifs is 2. The summed E-state index contributed by atoms with van der Waals surface area (Å²) in [6.45, 7) is 1.04. The number of aldehydes is 1. The molecule has 186 valence electrons. The largest absolute Gasteiger partial charge is 0.495 e. The van der Waals surface area contributed by atoms with Gasteiger partial charge >= 0.3 is 0 Å². The first-order valence-electron chi connectivity index (χ1n) is 11.4. The zero-order valence-electron chi connectivity index (χ0n) is 20.1. The fourth-order valence-corrected chi connectivity index (χ4v) is 3.91. The van der Waals surface area contributed by atoms with E-state index in [0.717, 1.165) is 27.7 Å². The number of anilines is 1. The standard InChI is InChI=1S/C26H27FN6O3/c1-32(11-10-29-22-7-9-28-23-15-20(36-2)16-30-26(22)23)31-25(4-3-12-34)33-17-18(8-13-35)21-6-5-19(27)14-24(21)33/h3-7,9,12,14-17,35H,8,10-11,13H2,1-2H3,(H,28,29)/b4-3-,31-25+. The van der Waals surface area contributed by atoms with Crippen molar-refractivity contribution in [1.29, 1.82) is 0 Å². The molecule has 0 radical (unpaired) electrons. The molecule has 2 N–H and O–H groups in total. The molecule has 3 heterocycles. The van der Waals surface area contributed by atoms with Gasteiger partial charge in [-0.25, -0.2) is 9.37 Å². The molecule has 4 rings (SSSR count). The van der Waals surface area contributed by atoms with Gasteiger partial charge in [0.15, 0.2) is 5.84 Å². The van der Waals surface area contributed by atoms with E-state index in [9.17, 15) is 14.3 Å². The second-order valence-corrected chi connectivity index (χ2v) is 8.02. The number of pyridine rings is 2. The molecule has 10 heteroatoms. The number of nitrogens with zero attached hydrogens (tertiary/aromatic N) is 5. The SMILES string of the molecule is COc1cnc2c(NCCN(C)/N=C(\C=C/C=O)n3cc(CCO)c4ccc(F)cc43)ccnc2c1. The number of carbonyl (C=O) groups is 1. The molecule has 3 aromatic heterocycles. The Hall–Kier alpha value is -4.31. The number of aliphatic hydroxyl groups is 1. The van der Waals surface area contributed by atoms with Crippen LogP contribution in [0.2, 0.25) is 0 Å². The van der Waals surface area contributed by atoms with Gasteiger partial charge in [-0.2, -0.15) is 5.10 Å². The van der Waals surface area contributed by atoms with E-state index < -0.39 is 0 Å². The third kappa shape index (κ3) is 5.49. The maximum absolute atomic E-state index is 14.1. The number of benzene rings is 1. The predicted molar refractivity (Wildman–Crippen MR) is 138 cm³/mol. The molecule has 0 atom stereocenters. The Labute approximate surface area is 207 Å². The lowest BCUT2D eigenvalue weighted by atomic mass is 10.1. The van der Waals surface area contributed by atoms with E-state index in [2.05, 4.69) is 20.4 Å². The van der Waals surface area contributed by atoms with Crippen LogP contribution >= 0.6 is 0 Å². The highest BCUT2D eigenvalue weighted by atomic mass is 19.1. The van der Waals surface area contributed by atoms with E-state index in [0.29, 0.717) is 42.9 Å². The van der Waals surface area contributed by atoms with Gasteiger partial charge in [-0.05, 0) is 48.4 Å². The van der Waals surface area contributed by atoms with Crippen LogP contribution in [0.1, 0.15) is 5.56 Å². The van der Waals surface area contributed by atoms with Crippen molar-refractivity contribution in [3.8, 4) is 5.75 Å². The molecule has 9 nitrogen and oxygen atoms in total. The molecule has 0 aliphatic rings. The lowest BCUT2D eigenvalue weighted by molar-refractivity contribution is -0.104. The number of carbonyl (C=O) groups excluding carboxylic acids is 1. The molecule has 4 aromatic rings. The topological polar surface area (TPSA) is 105 Å². The molecule has 0 aliphatic heterocycles. The molecule has 0 spiro atoms. The van der Waals surface area contributed by atoms with Crippen LogP contribution in [0, 0.1) is 5.82 Å². The van der Waals surface area contributed by atoms with Gasteiger partial charge < -0.3 is 15.2 Å². The van der Waals surface area contributed by atoms with Gasteiger partial charge in [-0.1, -0.05) is 0 Å². The fraction of sp³-hybridized carbons (Fsp3) is 0.231. The molecule has 0 fully saturated rings. The van der Waals surface area contributed by atoms with Crippen LogP contribution in [0.25, 0.3) is 21.9 Å². The second-order valence-electron chi connectivity index (χ2n) is 8.02. The van der Waals surface area contributed by atoms with Gasteiger partial charge in [0.05, 0.1) is 36.6 Å². The maximum atomic E-state index is 14.1. The Morgan fingerprint density at radius 3 is 2.94 bits per heavy atom. The predicted octanol–water partition coefficient (Wildman–Crippen LogP) is 3.23. The summed E-state index contributed by atoms with van der Waals surface area (Å²) >= 11 is 0. The number of hydrazone groups is 1. The van der Waals surface area contributed by atoms with Gasteiger partial charge in [0.25, 0.3) is 0 Å². The number of likely N-dealkylation sites (N-methyl/N-ethyl adjacent to an activating group) is 1. The quantitative estimate of drug-likeness (QED) is 0.116. The van der Waals surface area contributed by atoms with Crippen LogP contribution in [0.4, 0.5) is 10.1 Å². The summed E-state index contributed by atoms with van der Waals surface area (Å²) in [6.07, 6.45) is 9.14. The van der Waals surface area contributed by atoms with Crippen molar-refractivity contribution in [2.45, 2.75) is 6.42 Å². The first-order chi connectivity index (χ1) is 17.5. The van der Waals surface area contributed by atoms with Crippen molar-refractivity contribution in [2.24, 2.45) is 5.10 Å². The highest BCUT2D eigenvalue weighted by Gasteiger charge is 2.13. The Balaban J connectivity index is 1.56. The summed E-state index contributed by atoms with van der Waals surface area (Å²) in [5.41, 5.74) is 3.75. The van der Waals surface area contributed by atoms with E-state index in [1.165, 1.54) is 18.2 Å². The average Bonchev–Trinajstić information content (AvgIpc) is 3.23. The lowest BCUT2D eigenvalue weighted by Gasteiger charge is -2.17. The van der Waals surface area contributed by atoms with Crippen LogP contribution in [0.3, 0.4) is 0 Å². The van der Waals surface area contributed by atoms with Crippen LogP contribution < -0.4 is 10.1 Å². The van der Waals surface area contributed by atoms with Gasteiger partial charge in [0, 0.05) is 44.0 Å². The number of hydrogen-bond donors (Lipinski definition) is 2. The Morgan fingerprint density at radius 2 is 2.17 bits per heavy atom. The van der Waals surface area contributed by atoms with Crippen molar-refractivity contribution in [3.63, 3.8) is 0 Å².